The molecule has 0 saturated heterocycles. The summed E-state index contributed by atoms with van der Waals surface area (Å²) in [6, 6.07) is 7.76. The Balaban J connectivity index is 2.51. The molecular weight excluding hydrogens is 313 g/mol. The number of nitrogens with one attached hydrogen (secondary N) is 2. The van der Waals surface area contributed by atoms with Crippen LogP contribution in [0, 0.1) is 5.92 Å². The van der Waals surface area contributed by atoms with Gasteiger partial charge in [-0.15, -0.1) is 0 Å². The zero-order chi connectivity index (χ0) is 17.5. The van der Waals surface area contributed by atoms with Crippen LogP contribution in [0.15, 0.2) is 30.3 Å². The number of rotatable bonds is 6. The van der Waals surface area contributed by atoms with Crippen LogP contribution in [0.25, 0.3) is 0 Å². The highest BCUT2D eigenvalue weighted by Crippen LogP contribution is 2.13. The van der Waals surface area contributed by atoms with E-state index in [1.165, 1.54) is 0 Å². The van der Waals surface area contributed by atoms with Crippen LogP contribution < -0.4 is 10.6 Å². The predicted molar refractivity (Wildman–Crippen MR) is 77.5 cm³/mol. The Bertz CT molecular complexity index is 518. The van der Waals surface area contributed by atoms with Crippen molar-refractivity contribution >= 4 is 12.0 Å². The molecule has 1 rings (SSSR count). The van der Waals surface area contributed by atoms with Crippen LogP contribution in [0.2, 0.25) is 0 Å². The molecule has 1 atom stereocenters. The van der Waals surface area contributed by atoms with Gasteiger partial charge in [-0.1, -0.05) is 44.2 Å². The van der Waals surface area contributed by atoms with Crippen LogP contribution in [0.1, 0.15) is 19.4 Å². The molecular formula is C15H19F3N2O3. The molecule has 0 fully saturated rings. The van der Waals surface area contributed by atoms with Crippen molar-refractivity contribution < 1.29 is 27.5 Å². The molecule has 0 saturated carbocycles. The fraction of sp³-hybridized carbons (Fsp3) is 0.467. The van der Waals surface area contributed by atoms with Gasteiger partial charge < -0.3 is 15.4 Å². The number of carbonyl (C=O) groups is 2. The maximum atomic E-state index is 12.1. The number of amides is 2. The van der Waals surface area contributed by atoms with Crippen LogP contribution >= 0.6 is 0 Å². The Hall–Kier alpha value is -2.25. The number of halogens is 3. The summed E-state index contributed by atoms with van der Waals surface area (Å²) in [5.74, 6) is -1.30. The van der Waals surface area contributed by atoms with E-state index in [2.05, 4.69) is 5.32 Å². The molecule has 0 bridgehead atoms. The molecule has 0 aliphatic rings. The largest absolute Gasteiger partial charge is 0.445 e. The molecule has 0 unspecified atom stereocenters. The van der Waals surface area contributed by atoms with Gasteiger partial charge in [0, 0.05) is 0 Å². The van der Waals surface area contributed by atoms with Gasteiger partial charge in [0.25, 0.3) is 0 Å². The minimum absolute atomic E-state index is 0.00165. The predicted octanol–water partition coefficient (Wildman–Crippen LogP) is 2.62. The van der Waals surface area contributed by atoms with Gasteiger partial charge >= 0.3 is 12.3 Å². The Labute approximate surface area is 132 Å². The second-order valence-electron chi connectivity index (χ2n) is 5.26. The first kappa shape index (κ1) is 18.8. The second kappa shape index (κ2) is 8.40. The molecule has 128 valence electrons. The summed E-state index contributed by atoms with van der Waals surface area (Å²) in [6.07, 6.45) is -5.37. The van der Waals surface area contributed by atoms with Crippen molar-refractivity contribution in [2.24, 2.45) is 5.92 Å². The van der Waals surface area contributed by atoms with Gasteiger partial charge in [0.1, 0.15) is 19.2 Å². The highest BCUT2D eigenvalue weighted by Gasteiger charge is 2.31. The number of hydrogen-bond acceptors (Lipinski definition) is 3. The lowest BCUT2D eigenvalue weighted by atomic mass is 10.0. The van der Waals surface area contributed by atoms with Crippen molar-refractivity contribution in [3.63, 3.8) is 0 Å². The van der Waals surface area contributed by atoms with E-state index >= 15 is 0 Å². The zero-order valence-corrected chi connectivity index (χ0v) is 12.8. The maximum Gasteiger partial charge on any atom is 0.408 e. The average molecular weight is 332 g/mol. The lowest BCUT2D eigenvalue weighted by molar-refractivity contribution is -0.140. The number of alkyl halides is 3. The molecule has 1 aromatic carbocycles. The van der Waals surface area contributed by atoms with Crippen molar-refractivity contribution in [1.29, 1.82) is 0 Å². The van der Waals surface area contributed by atoms with Crippen molar-refractivity contribution in [1.82, 2.24) is 10.6 Å². The fourth-order valence-electron chi connectivity index (χ4n) is 1.72. The monoisotopic (exact) mass is 332 g/mol. The number of carbonyl (C=O) groups excluding carboxylic acids is 2. The Morgan fingerprint density at radius 3 is 2.30 bits per heavy atom. The Morgan fingerprint density at radius 2 is 1.78 bits per heavy atom. The van der Waals surface area contributed by atoms with Crippen LogP contribution in [0.5, 0.6) is 0 Å². The lowest BCUT2D eigenvalue weighted by Gasteiger charge is -2.21. The topological polar surface area (TPSA) is 67.4 Å². The first-order valence-corrected chi connectivity index (χ1v) is 7.00. The smallest absolute Gasteiger partial charge is 0.408 e. The minimum atomic E-state index is -4.51. The third-order valence-corrected chi connectivity index (χ3v) is 2.90. The summed E-state index contributed by atoms with van der Waals surface area (Å²) in [4.78, 5) is 23.5. The summed E-state index contributed by atoms with van der Waals surface area (Å²) in [5, 5.41) is 4.03. The summed E-state index contributed by atoms with van der Waals surface area (Å²) >= 11 is 0. The van der Waals surface area contributed by atoms with Crippen LogP contribution in [-0.4, -0.2) is 30.8 Å². The quantitative estimate of drug-likeness (QED) is 0.841. The van der Waals surface area contributed by atoms with Crippen molar-refractivity contribution in [2.45, 2.75) is 32.7 Å². The van der Waals surface area contributed by atoms with E-state index in [1.54, 1.807) is 43.4 Å². The highest BCUT2D eigenvalue weighted by molar-refractivity contribution is 5.85. The van der Waals surface area contributed by atoms with E-state index in [-0.39, 0.29) is 6.61 Å². The molecule has 23 heavy (non-hydrogen) atoms. The summed E-state index contributed by atoms with van der Waals surface area (Å²) in [6.45, 7) is 1.77. The first-order valence-electron chi connectivity index (χ1n) is 7.00. The third-order valence-electron chi connectivity index (χ3n) is 2.90. The highest BCUT2D eigenvalue weighted by atomic mass is 19.4. The average Bonchev–Trinajstić information content (AvgIpc) is 2.48. The number of ether oxygens (including phenoxy) is 1. The molecule has 1 aromatic rings. The van der Waals surface area contributed by atoms with Crippen molar-refractivity contribution in [2.75, 3.05) is 6.54 Å². The van der Waals surface area contributed by atoms with E-state index < -0.39 is 36.7 Å². The van der Waals surface area contributed by atoms with Crippen LogP contribution in [-0.2, 0) is 16.1 Å². The third kappa shape index (κ3) is 7.53. The Kier molecular flexibility index (Phi) is 6.87. The summed E-state index contributed by atoms with van der Waals surface area (Å²) in [7, 11) is 0. The molecule has 0 aromatic heterocycles. The van der Waals surface area contributed by atoms with Gasteiger partial charge in [-0.3, -0.25) is 4.79 Å². The van der Waals surface area contributed by atoms with Gasteiger partial charge in [0.15, 0.2) is 0 Å². The number of hydrogen-bond donors (Lipinski definition) is 2. The van der Waals surface area contributed by atoms with Gasteiger partial charge in [0.2, 0.25) is 5.91 Å². The van der Waals surface area contributed by atoms with Gasteiger partial charge in [0.05, 0.1) is 0 Å². The SMILES string of the molecule is CC(C)[C@@H](NC(=O)OCc1ccccc1)C(=O)NCC(F)(F)F. The van der Waals surface area contributed by atoms with E-state index in [0.29, 0.717) is 0 Å². The molecule has 5 nitrogen and oxygen atoms in total. The Morgan fingerprint density at radius 1 is 1.17 bits per heavy atom. The lowest BCUT2D eigenvalue weighted by Crippen LogP contribution is -2.51. The van der Waals surface area contributed by atoms with Gasteiger partial charge in [-0.25, -0.2) is 4.79 Å². The standard InChI is InChI=1S/C15H19F3N2O3/c1-10(2)12(13(21)19-9-15(16,17)18)20-14(22)23-8-11-6-4-3-5-7-11/h3-7,10,12H,8-9H2,1-2H3,(H,19,21)(H,20,22)/t12-/m1/s1. The molecule has 2 N–H and O–H groups in total. The molecule has 2 amide bonds. The first-order chi connectivity index (χ1) is 10.7. The molecule has 8 heteroatoms. The zero-order valence-electron chi connectivity index (χ0n) is 12.8. The van der Waals surface area contributed by atoms with E-state index in [4.69, 9.17) is 4.74 Å². The minimum Gasteiger partial charge on any atom is -0.445 e. The van der Waals surface area contributed by atoms with Crippen molar-refractivity contribution in [3.8, 4) is 0 Å². The van der Waals surface area contributed by atoms with Crippen molar-refractivity contribution in [3.05, 3.63) is 35.9 Å². The number of benzene rings is 1. The summed E-state index contributed by atoms with van der Waals surface area (Å²) in [5.41, 5.74) is 0.755. The van der Waals surface area contributed by atoms with Crippen LogP contribution in [0.4, 0.5) is 18.0 Å². The number of alkyl carbamates (subject to hydrolysis) is 1. The maximum absolute atomic E-state index is 12.1. The molecule has 0 spiro atoms. The van der Waals surface area contributed by atoms with Gasteiger partial charge in [-0.2, -0.15) is 13.2 Å². The summed E-state index contributed by atoms with van der Waals surface area (Å²) < 4.78 is 41.3. The van der Waals surface area contributed by atoms with E-state index in [1.807, 2.05) is 6.07 Å². The second-order valence-corrected chi connectivity index (χ2v) is 5.26. The molecule has 0 aliphatic heterocycles. The molecule has 0 radical (unpaired) electrons. The molecule has 0 aliphatic carbocycles. The van der Waals surface area contributed by atoms with Gasteiger partial charge in [-0.05, 0) is 11.5 Å². The van der Waals surface area contributed by atoms with E-state index in [9.17, 15) is 22.8 Å². The van der Waals surface area contributed by atoms with Crippen LogP contribution in [0.3, 0.4) is 0 Å². The molecule has 0 heterocycles. The fourth-order valence-corrected chi connectivity index (χ4v) is 1.72. The van der Waals surface area contributed by atoms with E-state index in [0.717, 1.165) is 5.56 Å². The normalized spacial score (nSPS) is 12.6.